The number of aryl methyl sites for hydroxylation is 1. The van der Waals surface area contributed by atoms with Crippen LogP contribution in [0.15, 0.2) is 18.2 Å². The highest BCUT2D eigenvalue weighted by atomic mass is 35.5. The van der Waals surface area contributed by atoms with E-state index in [1.807, 2.05) is 13.0 Å². The van der Waals surface area contributed by atoms with E-state index in [9.17, 15) is 14.7 Å². The van der Waals surface area contributed by atoms with Crippen molar-refractivity contribution in [3.63, 3.8) is 0 Å². The van der Waals surface area contributed by atoms with E-state index in [2.05, 4.69) is 5.32 Å². The molecule has 114 valence electrons. The number of carboxylic acid groups (broad SMARTS) is 1. The lowest BCUT2D eigenvalue weighted by Crippen LogP contribution is -2.58. The Balaban J connectivity index is 2.22. The second kappa shape index (κ2) is 5.93. The zero-order valence-corrected chi connectivity index (χ0v) is 12.9. The van der Waals surface area contributed by atoms with Gasteiger partial charge in [-0.25, -0.2) is 9.59 Å². The molecule has 5 nitrogen and oxygen atoms in total. The van der Waals surface area contributed by atoms with Crippen LogP contribution in [0.4, 0.5) is 10.5 Å². The molecule has 2 rings (SSSR count). The Bertz CT molecular complexity index is 576. The zero-order valence-electron chi connectivity index (χ0n) is 12.1. The molecule has 1 aliphatic heterocycles. The Morgan fingerprint density at radius 2 is 2.10 bits per heavy atom. The van der Waals surface area contributed by atoms with Gasteiger partial charge in [-0.15, -0.1) is 0 Å². The number of benzene rings is 1. The molecule has 0 saturated carbocycles. The fourth-order valence-electron chi connectivity index (χ4n) is 2.59. The third-order valence-electron chi connectivity index (χ3n) is 3.96. The highest BCUT2D eigenvalue weighted by Gasteiger charge is 2.44. The summed E-state index contributed by atoms with van der Waals surface area (Å²) in [4.78, 5) is 25.3. The number of hydrogen-bond acceptors (Lipinski definition) is 2. The molecule has 6 heteroatoms. The minimum atomic E-state index is -1.17. The number of nitrogens with one attached hydrogen (secondary N) is 1. The van der Waals surface area contributed by atoms with Crippen LogP contribution in [0, 0.1) is 6.92 Å². The average Bonchev–Trinajstić information content (AvgIpc) is 2.43. The first kappa shape index (κ1) is 15.6. The van der Waals surface area contributed by atoms with Crippen LogP contribution >= 0.6 is 11.6 Å². The lowest BCUT2D eigenvalue weighted by molar-refractivity contribution is -0.150. The Morgan fingerprint density at radius 3 is 2.76 bits per heavy atom. The number of carboxylic acids is 1. The molecular formula is C15H19ClN2O3. The van der Waals surface area contributed by atoms with Crippen molar-refractivity contribution >= 4 is 29.3 Å². The monoisotopic (exact) mass is 310 g/mol. The molecule has 0 aliphatic carbocycles. The largest absolute Gasteiger partial charge is 0.480 e. The molecule has 0 spiro atoms. The van der Waals surface area contributed by atoms with Crippen LogP contribution in [0.1, 0.15) is 31.7 Å². The summed E-state index contributed by atoms with van der Waals surface area (Å²) < 4.78 is 0. The number of carbonyl (C=O) groups excluding carboxylic acids is 1. The van der Waals surface area contributed by atoms with Gasteiger partial charge in [-0.05, 0) is 50.8 Å². The molecule has 1 aliphatic rings. The van der Waals surface area contributed by atoms with Gasteiger partial charge < -0.3 is 15.3 Å². The number of piperidine rings is 1. The molecule has 2 N–H and O–H groups in total. The first-order valence-electron chi connectivity index (χ1n) is 6.93. The molecule has 1 aromatic rings. The van der Waals surface area contributed by atoms with Gasteiger partial charge in [0.15, 0.2) is 0 Å². The topological polar surface area (TPSA) is 69.6 Å². The van der Waals surface area contributed by atoms with Crippen LogP contribution in [0.3, 0.4) is 0 Å². The number of hydrogen-bond donors (Lipinski definition) is 2. The number of rotatable bonds is 2. The number of anilines is 1. The van der Waals surface area contributed by atoms with Crippen LogP contribution in [0.5, 0.6) is 0 Å². The number of amides is 2. The minimum absolute atomic E-state index is 0.424. The second-order valence-corrected chi connectivity index (χ2v) is 6.01. The predicted octanol–water partition coefficient (Wildman–Crippen LogP) is 3.51. The van der Waals surface area contributed by atoms with Crippen molar-refractivity contribution in [2.45, 2.75) is 38.6 Å². The van der Waals surface area contributed by atoms with E-state index >= 15 is 0 Å². The van der Waals surface area contributed by atoms with Crippen molar-refractivity contribution < 1.29 is 14.7 Å². The average molecular weight is 311 g/mol. The maximum Gasteiger partial charge on any atom is 0.329 e. The van der Waals surface area contributed by atoms with Crippen LogP contribution < -0.4 is 5.32 Å². The summed E-state index contributed by atoms with van der Waals surface area (Å²) >= 11 is 6.06. The standard InChI is InChI=1S/C15H19ClN2O3/c1-10-5-6-11(16)12(9-10)17-14(21)18-8-4-3-7-15(18,2)13(19)20/h5-6,9H,3-4,7-8H2,1-2H3,(H,17,21)(H,19,20). The number of halogens is 1. The Kier molecular flexibility index (Phi) is 4.42. The van der Waals surface area contributed by atoms with E-state index in [0.717, 1.165) is 18.4 Å². The van der Waals surface area contributed by atoms with Crippen LogP contribution in [-0.2, 0) is 4.79 Å². The lowest BCUT2D eigenvalue weighted by atomic mass is 9.89. The lowest BCUT2D eigenvalue weighted by Gasteiger charge is -2.41. The van der Waals surface area contributed by atoms with E-state index in [1.165, 1.54) is 4.90 Å². The molecule has 1 fully saturated rings. The fourth-order valence-corrected chi connectivity index (χ4v) is 2.75. The van der Waals surface area contributed by atoms with Gasteiger partial charge in [0.05, 0.1) is 10.7 Å². The zero-order chi connectivity index (χ0) is 15.6. The summed E-state index contributed by atoms with van der Waals surface area (Å²) in [5.74, 6) is -0.979. The van der Waals surface area contributed by atoms with Crippen molar-refractivity contribution in [1.82, 2.24) is 4.90 Å². The summed E-state index contributed by atoms with van der Waals surface area (Å²) in [7, 11) is 0. The van der Waals surface area contributed by atoms with E-state index in [-0.39, 0.29) is 0 Å². The second-order valence-electron chi connectivity index (χ2n) is 5.60. The van der Waals surface area contributed by atoms with Crippen molar-refractivity contribution in [2.24, 2.45) is 0 Å². The Morgan fingerprint density at radius 1 is 1.38 bits per heavy atom. The highest BCUT2D eigenvalue weighted by molar-refractivity contribution is 6.33. The number of aliphatic carboxylic acids is 1. The summed E-state index contributed by atoms with van der Waals surface area (Å²) in [5, 5.41) is 12.6. The van der Waals surface area contributed by atoms with Gasteiger partial charge in [0.1, 0.15) is 5.54 Å². The van der Waals surface area contributed by atoms with Gasteiger partial charge in [-0.1, -0.05) is 17.7 Å². The number of urea groups is 1. The quantitative estimate of drug-likeness (QED) is 0.878. The van der Waals surface area contributed by atoms with Crippen LogP contribution in [0.2, 0.25) is 5.02 Å². The number of carbonyl (C=O) groups is 2. The predicted molar refractivity (Wildman–Crippen MR) is 81.8 cm³/mol. The maximum absolute atomic E-state index is 12.4. The molecule has 1 saturated heterocycles. The molecule has 1 heterocycles. The number of likely N-dealkylation sites (tertiary alicyclic amines) is 1. The van der Waals surface area contributed by atoms with Gasteiger partial charge in [0, 0.05) is 6.54 Å². The third-order valence-corrected chi connectivity index (χ3v) is 4.29. The van der Waals surface area contributed by atoms with Crippen molar-refractivity contribution in [2.75, 3.05) is 11.9 Å². The normalized spacial score (nSPS) is 22.0. The van der Waals surface area contributed by atoms with Crippen LogP contribution in [-0.4, -0.2) is 34.1 Å². The summed E-state index contributed by atoms with van der Waals surface area (Å²) in [6, 6.07) is 4.90. The van der Waals surface area contributed by atoms with Gasteiger partial charge in [0.25, 0.3) is 0 Å². The molecule has 1 aromatic carbocycles. The first-order valence-corrected chi connectivity index (χ1v) is 7.30. The molecule has 21 heavy (non-hydrogen) atoms. The fraction of sp³-hybridized carbons (Fsp3) is 0.467. The Labute approximate surface area is 128 Å². The molecule has 2 amide bonds. The van der Waals surface area contributed by atoms with Gasteiger partial charge >= 0.3 is 12.0 Å². The smallest absolute Gasteiger partial charge is 0.329 e. The first-order chi connectivity index (χ1) is 9.84. The van der Waals surface area contributed by atoms with Crippen molar-refractivity contribution in [3.05, 3.63) is 28.8 Å². The molecule has 0 bridgehead atoms. The third kappa shape index (κ3) is 3.13. The van der Waals surface area contributed by atoms with E-state index in [0.29, 0.717) is 23.7 Å². The summed E-state index contributed by atoms with van der Waals surface area (Å²) in [5.41, 5.74) is 0.299. The van der Waals surface area contributed by atoms with Crippen molar-refractivity contribution in [3.8, 4) is 0 Å². The van der Waals surface area contributed by atoms with Crippen LogP contribution in [0.25, 0.3) is 0 Å². The summed E-state index contributed by atoms with van der Waals surface area (Å²) in [6.07, 6.45) is 2.06. The minimum Gasteiger partial charge on any atom is -0.480 e. The van der Waals surface area contributed by atoms with Gasteiger partial charge in [-0.2, -0.15) is 0 Å². The van der Waals surface area contributed by atoms with Gasteiger partial charge in [0.2, 0.25) is 0 Å². The highest BCUT2D eigenvalue weighted by Crippen LogP contribution is 2.30. The Hall–Kier alpha value is -1.75. The SMILES string of the molecule is Cc1ccc(Cl)c(NC(=O)N2CCCCC2(C)C(=O)O)c1. The van der Waals surface area contributed by atoms with Gasteiger partial charge in [-0.3, -0.25) is 0 Å². The molecular weight excluding hydrogens is 292 g/mol. The summed E-state index contributed by atoms with van der Waals surface area (Å²) in [6.45, 7) is 3.91. The van der Waals surface area contributed by atoms with E-state index in [1.54, 1.807) is 19.1 Å². The van der Waals surface area contributed by atoms with E-state index < -0.39 is 17.5 Å². The molecule has 0 aromatic heterocycles. The van der Waals surface area contributed by atoms with Crippen molar-refractivity contribution in [1.29, 1.82) is 0 Å². The van der Waals surface area contributed by atoms with E-state index in [4.69, 9.17) is 11.6 Å². The number of nitrogens with zero attached hydrogens (tertiary/aromatic N) is 1. The molecule has 1 unspecified atom stereocenters. The molecule has 0 radical (unpaired) electrons. The maximum atomic E-state index is 12.4. The molecule has 1 atom stereocenters.